The highest BCUT2D eigenvalue weighted by molar-refractivity contribution is 7.80. The number of thiol groups is 1. The molecule has 0 nitrogen and oxygen atoms in total. The summed E-state index contributed by atoms with van der Waals surface area (Å²) in [5, 5.41) is 0.547. The van der Waals surface area contributed by atoms with Crippen LogP contribution in [-0.4, -0.2) is 5.25 Å². The Balaban J connectivity index is 3.03. The molecule has 0 aromatic carbocycles. The third kappa shape index (κ3) is 10.1. The van der Waals surface area contributed by atoms with Gasteiger partial charge in [0, 0.05) is 0 Å². The first-order valence-corrected chi connectivity index (χ1v) is 5.12. The monoisotopic (exact) mass is 172 g/mol. The molecule has 66 valence electrons. The van der Waals surface area contributed by atoms with Crippen molar-refractivity contribution in [2.45, 2.75) is 51.2 Å². The third-order valence-electron chi connectivity index (χ3n) is 1.64. The molecule has 1 heteroatoms. The van der Waals surface area contributed by atoms with Crippen molar-refractivity contribution in [3.63, 3.8) is 0 Å². The maximum atomic E-state index is 4.31. The van der Waals surface area contributed by atoms with Crippen molar-refractivity contribution >= 4 is 12.6 Å². The van der Waals surface area contributed by atoms with Crippen LogP contribution in [0, 0.1) is 0 Å². The number of allylic oxidation sites excluding steroid dienone is 2. The first-order valence-electron chi connectivity index (χ1n) is 4.60. The lowest BCUT2D eigenvalue weighted by Crippen LogP contribution is -1.87. The van der Waals surface area contributed by atoms with E-state index in [1.54, 1.807) is 0 Å². The Morgan fingerprint density at radius 2 is 1.91 bits per heavy atom. The molecule has 0 rings (SSSR count). The first-order chi connectivity index (χ1) is 5.27. The van der Waals surface area contributed by atoms with Gasteiger partial charge >= 0.3 is 0 Å². The lowest BCUT2D eigenvalue weighted by Gasteiger charge is -1.97. The molecule has 0 amide bonds. The molecule has 1 atom stereocenters. The Morgan fingerprint density at radius 1 is 1.27 bits per heavy atom. The molecule has 0 aromatic rings. The van der Waals surface area contributed by atoms with E-state index in [4.69, 9.17) is 0 Å². The van der Waals surface area contributed by atoms with Crippen LogP contribution in [0.4, 0.5) is 0 Å². The van der Waals surface area contributed by atoms with E-state index < -0.39 is 0 Å². The highest BCUT2D eigenvalue weighted by Crippen LogP contribution is 2.04. The average molecular weight is 172 g/mol. The van der Waals surface area contributed by atoms with Crippen molar-refractivity contribution < 1.29 is 0 Å². The van der Waals surface area contributed by atoms with E-state index in [1.807, 2.05) is 0 Å². The van der Waals surface area contributed by atoms with Crippen molar-refractivity contribution in [1.29, 1.82) is 0 Å². The zero-order valence-electron chi connectivity index (χ0n) is 7.71. The molecule has 0 saturated heterocycles. The molecule has 0 aliphatic carbocycles. The van der Waals surface area contributed by atoms with Crippen molar-refractivity contribution in [2.75, 3.05) is 0 Å². The zero-order chi connectivity index (χ0) is 8.53. The van der Waals surface area contributed by atoms with Crippen molar-refractivity contribution in [1.82, 2.24) is 0 Å². The SMILES string of the molecule is CCCC/C=C\CCC(C)S. The van der Waals surface area contributed by atoms with Gasteiger partial charge in [0.1, 0.15) is 0 Å². The first kappa shape index (κ1) is 11.1. The van der Waals surface area contributed by atoms with Crippen molar-refractivity contribution in [3.05, 3.63) is 12.2 Å². The second kappa shape index (κ2) is 8.19. The highest BCUT2D eigenvalue weighted by atomic mass is 32.1. The Labute approximate surface area is 76.5 Å². The molecule has 0 radical (unpaired) electrons. The molecule has 1 unspecified atom stereocenters. The van der Waals surface area contributed by atoms with Gasteiger partial charge in [-0.05, 0) is 24.5 Å². The van der Waals surface area contributed by atoms with Crippen LogP contribution in [-0.2, 0) is 0 Å². The van der Waals surface area contributed by atoms with E-state index >= 15 is 0 Å². The summed E-state index contributed by atoms with van der Waals surface area (Å²) in [5.41, 5.74) is 0. The third-order valence-corrected chi connectivity index (χ3v) is 1.90. The standard InChI is InChI=1S/C10H20S/c1-3-4-5-6-7-8-9-10(2)11/h6-7,10-11H,3-5,8-9H2,1-2H3/b7-6-. The largest absolute Gasteiger partial charge is 0.176 e. The van der Waals surface area contributed by atoms with E-state index in [0.717, 1.165) is 0 Å². The normalized spacial score (nSPS) is 14.1. The van der Waals surface area contributed by atoms with Gasteiger partial charge in [-0.2, -0.15) is 12.6 Å². The second-order valence-corrected chi connectivity index (χ2v) is 3.92. The predicted molar refractivity (Wildman–Crippen MR) is 56.3 cm³/mol. The van der Waals surface area contributed by atoms with Gasteiger partial charge in [0.2, 0.25) is 0 Å². The van der Waals surface area contributed by atoms with Crippen LogP contribution in [0.15, 0.2) is 12.2 Å². The molecule has 0 saturated carbocycles. The van der Waals surface area contributed by atoms with Crippen molar-refractivity contribution in [2.24, 2.45) is 0 Å². The van der Waals surface area contributed by atoms with Gasteiger partial charge in [0.15, 0.2) is 0 Å². The molecule has 0 N–H and O–H groups in total. The lowest BCUT2D eigenvalue weighted by atomic mass is 10.2. The Morgan fingerprint density at radius 3 is 2.45 bits per heavy atom. The molecule has 0 fully saturated rings. The minimum absolute atomic E-state index is 0.547. The maximum Gasteiger partial charge on any atom is -0.000864 e. The summed E-state index contributed by atoms with van der Waals surface area (Å²) in [6.45, 7) is 4.37. The molecule has 0 aliphatic heterocycles. The fourth-order valence-corrected chi connectivity index (χ4v) is 1.04. The van der Waals surface area contributed by atoms with Crippen LogP contribution < -0.4 is 0 Å². The molecule has 0 bridgehead atoms. The van der Waals surface area contributed by atoms with Gasteiger partial charge < -0.3 is 0 Å². The van der Waals surface area contributed by atoms with E-state index in [-0.39, 0.29) is 0 Å². The van der Waals surface area contributed by atoms with Gasteiger partial charge in [0.05, 0.1) is 0 Å². The summed E-state index contributed by atoms with van der Waals surface area (Å²) in [6, 6.07) is 0. The highest BCUT2D eigenvalue weighted by Gasteiger charge is 1.89. The Hall–Kier alpha value is 0.0900. The second-order valence-electron chi connectivity index (χ2n) is 3.04. The zero-order valence-corrected chi connectivity index (χ0v) is 8.61. The lowest BCUT2D eigenvalue weighted by molar-refractivity contribution is 0.801. The van der Waals surface area contributed by atoms with Crippen LogP contribution in [0.1, 0.15) is 46.0 Å². The van der Waals surface area contributed by atoms with Crippen LogP contribution in [0.25, 0.3) is 0 Å². The molecule has 0 spiro atoms. The summed E-state index contributed by atoms with van der Waals surface area (Å²) in [5.74, 6) is 0. The molecule has 11 heavy (non-hydrogen) atoms. The average Bonchev–Trinajstić information content (AvgIpc) is 1.96. The Bertz CT molecular complexity index is 95.0. The predicted octanol–water partition coefficient (Wildman–Crippen LogP) is 3.83. The summed E-state index contributed by atoms with van der Waals surface area (Å²) in [7, 11) is 0. The number of hydrogen-bond acceptors (Lipinski definition) is 1. The fraction of sp³-hybridized carbons (Fsp3) is 0.800. The number of rotatable bonds is 6. The number of hydrogen-bond donors (Lipinski definition) is 1. The van der Waals surface area contributed by atoms with Crippen molar-refractivity contribution in [3.8, 4) is 0 Å². The summed E-state index contributed by atoms with van der Waals surface area (Å²) in [6.07, 6.45) is 10.8. The summed E-state index contributed by atoms with van der Waals surface area (Å²) < 4.78 is 0. The summed E-state index contributed by atoms with van der Waals surface area (Å²) >= 11 is 4.31. The molecule has 0 aromatic heterocycles. The molecular weight excluding hydrogens is 152 g/mol. The fourth-order valence-electron chi connectivity index (χ4n) is 0.895. The van der Waals surface area contributed by atoms with Gasteiger partial charge in [-0.1, -0.05) is 38.8 Å². The van der Waals surface area contributed by atoms with E-state index in [0.29, 0.717) is 5.25 Å². The van der Waals surface area contributed by atoms with Crippen LogP contribution >= 0.6 is 12.6 Å². The minimum Gasteiger partial charge on any atom is -0.176 e. The topological polar surface area (TPSA) is 0 Å². The van der Waals surface area contributed by atoms with E-state index in [2.05, 4.69) is 38.6 Å². The van der Waals surface area contributed by atoms with Gasteiger partial charge in [-0.15, -0.1) is 0 Å². The quantitative estimate of drug-likeness (QED) is 0.351. The van der Waals surface area contributed by atoms with E-state index in [1.165, 1.54) is 32.1 Å². The van der Waals surface area contributed by atoms with Gasteiger partial charge in [-0.3, -0.25) is 0 Å². The maximum absolute atomic E-state index is 4.31. The van der Waals surface area contributed by atoms with E-state index in [9.17, 15) is 0 Å². The molecule has 0 aliphatic rings. The summed E-state index contributed by atoms with van der Waals surface area (Å²) in [4.78, 5) is 0. The van der Waals surface area contributed by atoms with Crippen LogP contribution in [0.3, 0.4) is 0 Å². The Kier molecular flexibility index (Phi) is 8.26. The number of unbranched alkanes of at least 4 members (excludes halogenated alkanes) is 2. The van der Waals surface area contributed by atoms with Gasteiger partial charge in [-0.25, -0.2) is 0 Å². The smallest absolute Gasteiger partial charge is 0.000864 e. The molecular formula is C10H20S. The molecule has 0 heterocycles. The minimum atomic E-state index is 0.547. The van der Waals surface area contributed by atoms with Gasteiger partial charge in [0.25, 0.3) is 0 Å². The van der Waals surface area contributed by atoms with Crippen LogP contribution in [0.5, 0.6) is 0 Å². The van der Waals surface area contributed by atoms with Crippen LogP contribution in [0.2, 0.25) is 0 Å².